The van der Waals surface area contributed by atoms with Gasteiger partial charge in [-0.1, -0.05) is 18.2 Å². The van der Waals surface area contributed by atoms with E-state index < -0.39 is 30.3 Å². The maximum atomic E-state index is 12.8. The first kappa shape index (κ1) is 22.3. The number of esters is 1. The van der Waals surface area contributed by atoms with Gasteiger partial charge in [-0.15, -0.1) is 23.2 Å². The van der Waals surface area contributed by atoms with E-state index in [1.165, 1.54) is 24.3 Å². The van der Waals surface area contributed by atoms with Gasteiger partial charge in [0.15, 0.2) is 6.61 Å². The Labute approximate surface area is 194 Å². The summed E-state index contributed by atoms with van der Waals surface area (Å²) in [5, 5.41) is 1.91. The van der Waals surface area contributed by atoms with E-state index in [0.29, 0.717) is 24.2 Å². The second kappa shape index (κ2) is 9.30. The number of nitrogens with one attached hydrogen (secondary N) is 1. The van der Waals surface area contributed by atoms with Gasteiger partial charge < -0.3 is 10.1 Å². The van der Waals surface area contributed by atoms with E-state index in [4.69, 9.17) is 27.9 Å². The third-order valence-corrected chi connectivity index (χ3v) is 6.76. The van der Waals surface area contributed by atoms with Gasteiger partial charge in [-0.05, 0) is 49.2 Å². The number of hydrogen-bond acceptors (Lipinski definition) is 5. The lowest BCUT2D eigenvalue weighted by Crippen LogP contribution is -2.34. The van der Waals surface area contributed by atoms with E-state index >= 15 is 0 Å². The molecule has 2 aromatic rings. The number of carbonyl (C=O) groups excluding carboxylic acids is 4. The maximum absolute atomic E-state index is 12.8. The van der Waals surface area contributed by atoms with Crippen LogP contribution in [0.3, 0.4) is 0 Å². The lowest BCUT2D eigenvalue weighted by Gasteiger charge is -2.28. The van der Waals surface area contributed by atoms with Crippen molar-refractivity contribution < 1.29 is 23.9 Å². The number of anilines is 2. The Bertz CT molecular complexity index is 1020. The van der Waals surface area contributed by atoms with Gasteiger partial charge in [0.1, 0.15) is 0 Å². The van der Waals surface area contributed by atoms with E-state index in [9.17, 15) is 19.2 Å². The molecule has 0 bridgehead atoms. The van der Waals surface area contributed by atoms with E-state index in [0.717, 1.165) is 4.90 Å². The van der Waals surface area contributed by atoms with Crippen molar-refractivity contribution in [3.8, 4) is 0 Å². The van der Waals surface area contributed by atoms with E-state index in [2.05, 4.69) is 5.32 Å². The van der Waals surface area contributed by atoms with Crippen LogP contribution in [0, 0.1) is 11.8 Å². The highest BCUT2D eigenvalue weighted by Gasteiger charge is 2.52. The van der Waals surface area contributed by atoms with Gasteiger partial charge in [0, 0.05) is 5.69 Å². The molecule has 2 aromatic carbocycles. The van der Waals surface area contributed by atoms with Gasteiger partial charge in [0.05, 0.1) is 33.8 Å². The molecule has 166 valence electrons. The molecule has 1 N–H and O–H groups in total. The number of rotatable bonds is 5. The molecule has 7 nitrogen and oxygen atoms in total. The number of benzene rings is 2. The lowest BCUT2D eigenvalue weighted by atomic mass is 9.80. The second-order valence-corrected chi connectivity index (χ2v) is 8.89. The molecule has 0 aromatic heterocycles. The number of carbonyl (C=O) groups is 4. The van der Waals surface area contributed by atoms with Gasteiger partial charge in [0.25, 0.3) is 5.91 Å². The highest BCUT2D eigenvalue weighted by Crippen LogP contribution is 2.43. The summed E-state index contributed by atoms with van der Waals surface area (Å²) in [5.74, 6) is -2.72. The summed E-state index contributed by atoms with van der Waals surface area (Å²) >= 11 is 12.4. The van der Waals surface area contributed by atoms with Crippen molar-refractivity contribution in [2.24, 2.45) is 11.8 Å². The minimum absolute atomic E-state index is 0.194. The predicted octanol–water partition coefficient (Wildman–Crippen LogP) is 3.60. The van der Waals surface area contributed by atoms with Crippen LogP contribution in [0.4, 0.5) is 11.4 Å². The van der Waals surface area contributed by atoms with Gasteiger partial charge in [-0.2, -0.15) is 0 Å². The van der Waals surface area contributed by atoms with Crippen molar-refractivity contribution in [3.63, 3.8) is 0 Å². The van der Waals surface area contributed by atoms with Crippen LogP contribution in [0.5, 0.6) is 0 Å². The van der Waals surface area contributed by atoms with Crippen molar-refractivity contribution in [3.05, 3.63) is 60.2 Å². The standard InChI is InChI=1S/C23H20Cl2N2O5/c24-18-10-16-17(11-19(18)25)22(30)27(21(16)29)15-8-6-13(7-9-15)23(31)32-12-20(28)26-14-4-2-1-3-5-14/h1-9,16-19H,10-12H2,(H,26,28)/t16-,17-,18-,19+/m1/s1. The largest absolute Gasteiger partial charge is 0.452 e. The minimum atomic E-state index is -0.692. The number of nitrogens with zero attached hydrogens (tertiary/aromatic N) is 1. The second-order valence-electron chi connectivity index (χ2n) is 7.77. The highest BCUT2D eigenvalue weighted by atomic mass is 35.5. The average Bonchev–Trinajstić information content (AvgIpc) is 3.02. The number of alkyl halides is 2. The molecule has 2 aliphatic rings. The van der Waals surface area contributed by atoms with Crippen molar-refractivity contribution in [1.82, 2.24) is 0 Å². The minimum Gasteiger partial charge on any atom is -0.452 e. The van der Waals surface area contributed by atoms with Crippen LogP contribution in [0.15, 0.2) is 54.6 Å². The average molecular weight is 475 g/mol. The third-order valence-electron chi connectivity index (χ3n) is 5.66. The number of para-hydroxylation sites is 1. The maximum Gasteiger partial charge on any atom is 0.338 e. The first-order chi connectivity index (χ1) is 15.3. The summed E-state index contributed by atoms with van der Waals surface area (Å²) in [7, 11) is 0. The molecule has 1 saturated heterocycles. The molecule has 9 heteroatoms. The summed E-state index contributed by atoms with van der Waals surface area (Å²) < 4.78 is 5.04. The predicted molar refractivity (Wildman–Crippen MR) is 120 cm³/mol. The normalized spacial score (nSPS) is 24.8. The topological polar surface area (TPSA) is 92.8 Å². The molecular formula is C23H20Cl2N2O5. The molecule has 4 rings (SSSR count). The van der Waals surface area contributed by atoms with Crippen molar-refractivity contribution >= 4 is 58.3 Å². The van der Waals surface area contributed by atoms with Crippen LogP contribution in [0.2, 0.25) is 0 Å². The highest BCUT2D eigenvalue weighted by molar-refractivity contribution is 6.31. The zero-order valence-electron chi connectivity index (χ0n) is 16.9. The summed E-state index contributed by atoms with van der Waals surface area (Å²) in [5.41, 5.74) is 1.16. The smallest absolute Gasteiger partial charge is 0.338 e. The fourth-order valence-electron chi connectivity index (χ4n) is 4.03. The van der Waals surface area contributed by atoms with Crippen LogP contribution in [-0.2, 0) is 19.1 Å². The van der Waals surface area contributed by atoms with Gasteiger partial charge in [0.2, 0.25) is 11.8 Å². The monoisotopic (exact) mass is 474 g/mol. The fraction of sp³-hybridized carbons (Fsp3) is 0.304. The Hall–Kier alpha value is -2.90. The van der Waals surface area contributed by atoms with Crippen LogP contribution in [0.1, 0.15) is 23.2 Å². The van der Waals surface area contributed by atoms with Crippen LogP contribution < -0.4 is 10.2 Å². The van der Waals surface area contributed by atoms with Crippen LogP contribution in [0.25, 0.3) is 0 Å². The molecule has 1 saturated carbocycles. The molecule has 0 radical (unpaired) electrons. The summed E-state index contributed by atoms with van der Waals surface area (Å²) in [6, 6.07) is 14.7. The first-order valence-corrected chi connectivity index (χ1v) is 11.0. The molecule has 1 aliphatic heterocycles. The van der Waals surface area contributed by atoms with E-state index in [1.807, 2.05) is 6.07 Å². The Morgan fingerprint density at radius 1 is 0.906 bits per heavy atom. The molecule has 4 atom stereocenters. The molecule has 3 amide bonds. The first-order valence-electron chi connectivity index (χ1n) is 10.1. The van der Waals surface area contributed by atoms with Crippen molar-refractivity contribution in [2.45, 2.75) is 23.6 Å². The fourth-order valence-corrected chi connectivity index (χ4v) is 4.62. The Morgan fingerprint density at radius 2 is 1.47 bits per heavy atom. The van der Waals surface area contributed by atoms with Gasteiger partial charge >= 0.3 is 5.97 Å². The third kappa shape index (κ3) is 4.49. The van der Waals surface area contributed by atoms with E-state index in [1.54, 1.807) is 24.3 Å². The number of fused-ring (bicyclic) bond motifs is 1. The molecule has 1 heterocycles. The number of ether oxygens (including phenoxy) is 1. The summed E-state index contributed by atoms with van der Waals surface area (Å²) in [6.45, 7) is -0.443. The van der Waals surface area contributed by atoms with Crippen molar-refractivity contribution in [1.29, 1.82) is 0 Å². The summed E-state index contributed by atoms with van der Waals surface area (Å²) in [4.78, 5) is 51.0. The Morgan fingerprint density at radius 3 is 2.03 bits per heavy atom. The zero-order chi connectivity index (χ0) is 22.8. The Kier molecular flexibility index (Phi) is 6.48. The molecule has 0 unspecified atom stereocenters. The molecule has 2 fully saturated rings. The van der Waals surface area contributed by atoms with Gasteiger partial charge in [-0.25, -0.2) is 4.79 Å². The van der Waals surface area contributed by atoms with Crippen LogP contribution >= 0.6 is 23.2 Å². The number of hydrogen-bond donors (Lipinski definition) is 1. The lowest BCUT2D eigenvalue weighted by molar-refractivity contribution is -0.122. The van der Waals surface area contributed by atoms with Crippen molar-refractivity contribution in [2.75, 3.05) is 16.8 Å². The number of halogens is 2. The quantitative estimate of drug-likeness (QED) is 0.406. The summed E-state index contributed by atoms with van der Waals surface area (Å²) in [6.07, 6.45) is 0.716. The molecule has 0 spiro atoms. The molecule has 32 heavy (non-hydrogen) atoms. The molecule has 1 aliphatic carbocycles. The zero-order valence-corrected chi connectivity index (χ0v) is 18.4. The number of amides is 3. The number of imide groups is 1. The SMILES string of the molecule is O=C(COC(=O)c1ccc(N2C(=O)[C@@H]3C[C@@H](Cl)[C@@H](Cl)C[C@H]3C2=O)cc1)Nc1ccccc1. The molecular weight excluding hydrogens is 455 g/mol. The van der Waals surface area contributed by atoms with Gasteiger partial charge in [-0.3, -0.25) is 19.3 Å². The van der Waals surface area contributed by atoms with Crippen LogP contribution in [-0.4, -0.2) is 41.1 Å². The Balaban J connectivity index is 1.37. The van der Waals surface area contributed by atoms with E-state index in [-0.39, 0.29) is 28.1 Å².